The second-order valence-electron chi connectivity index (χ2n) is 3.96. The number of ether oxygens (including phenoxy) is 1. The maximum absolute atomic E-state index is 11.3. The van der Waals surface area contributed by atoms with Crippen LogP contribution in [0.1, 0.15) is 21.6 Å². The van der Waals surface area contributed by atoms with Crippen LogP contribution in [0.3, 0.4) is 0 Å². The normalized spacial score (nSPS) is 10.3. The van der Waals surface area contributed by atoms with E-state index in [2.05, 4.69) is 10.2 Å². The van der Waals surface area contributed by atoms with E-state index < -0.39 is 5.97 Å². The fourth-order valence-electron chi connectivity index (χ4n) is 1.55. The first-order chi connectivity index (χ1) is 8.99. The molecule has 19 heavy (non-hydrogen) atoms. The third kappa shape index (κ3) is 2.82. The van der Waals surface area contributed by atoms with Crippen LogP contribution < -0.4 is 4.74 Å². The van der Waals surface area contributed by atoms with Crippen molar-refractivity contribution in [2.75, 3.05) is 0 Å². The highest BCUT2D eigenvalue weighted by atomic mass is 35.5. The predicted octanol–water partition coefficient (Wildman–Crippen LogP) is 3.24. The van der Waals surface area contributed by atoms with Crippen LogP contribution in [-0.4, -0.2) is 21.3 Å². The monoisotopic (exact) mass is 278 g/mol. The molecule has 0 unspecified atom stereocenters. The molecular formula is C13H11ClN2O3. The number of hydrogen-bond donors (Lipinski definition) is 1. The first kappa shape index (κ1) is 13.3. The lowest BCUT2D eigenvalue weighted by molar-refractivity contribution is 0.0692. The van der Waals surface area contributed by atoms with E-state index in [1.54, 1.807) is 38.1 Å². The second kappa shape index (κ2) is 5.24. The minimum atomic E-state index is -1.10. The van der Waals surface area contributed by atoms with E-state index in [0.717, 1.165) is 0 Å². The molecule has 2 rings (SSSR count). The van der Waals surface area contributed by atoms with Gasteiger partial charge >= 0.3 is 5.97 Å². The van der Waals surface area contributed by atoms with Crippen molar-refractivity contribution in [2.24, 2.45) is 0 Å². The summed E-state index contributed by atoms with van der Waals surface area (Å²) in [5, 5.41) is 17.4. The zero-order valence-electron chi connectivity index (χ0n) is 10.3. The van der Waals surface area contributed by atoms with Gasteiger partial charge in [0, 0.05) is 5.02 Å². The Labute approximate surface area is 114 Å². The van der Waals surface area contributed by atoms with Crippen molar-refractivity contribution in [3.63, 3.8) is 0 Å². The Morgan fingerprint density at radius 1 is 1.32 bits per heavy atom. The lowest BCUT2D eigenvalue weighted by atomic mass is 10.1. The van der Waals surface area contributed by atoms with Crippen LogP contribution >= 0.6 is 11.6 Å². The van der Waals surface area contributed by atoms with E-state index in [0.29, 0.717) is 22.0 Å². The minimum Gasteiger partial charge on any atom is -0.477 e. The Hall–Kier alpha value is -2.14. The molecule has 0 saturated carbocycles. The van der Waals surface area contributed by atoms with E-state index in [1.807, 2.05) is 0 Å². The summed E-state index contributed by atoms with van der Waals surface area (Å²) < 4.78 is 5.45. The fraction of sp³-hybridized carbons (Fsp3) is 0.154. The Bertz CT molecular complexity index is 644. The molecule has 98 valence electrons. The smallest absolute Gasteiger partial charge is 0.341 e. The van der Waals surface area contributed by atoms with Crippen LogP contribution in [0.4, 0.5) is 0 Å². The van der Waals surface area contributed by atoms with E-state index in [-0.39, 0.29) is 11.4 Å². The molecule has 0 spiro atoms. The van der Waals surface area contributed by atoms with Crippen LogP contribution in [-0.2, 0) is 0 Å². The topological polar surface area (TPSA) is 72.3 Å². The predicted molar refractivity (Wildman–Crippen MR) is 70.0 cm³/mol. The van der Waals surface area contributed by atoms with Gasteiger partial charge in [-0.1, -0.05) is 17.7 Å². The van der Waals surface area contributed by atoms with Gasteiger partial charge in [0.1, 0.15) is 11.3 Å². The average Bonchev–Trinajstić information content (AvgIpc) is 2.33. The molecule has 0 aliphatic carbocycles. The molecule has 5 nitrogen and oxygen atoms in total. The quantitative estimate of drug-likeness (QED) is 0.933. The van der Waals surface area contributed by atoms with Crippen LogP contribution in [0, 0.1) is 13.8 Å². The SMILES string of the molecule is Cc1nnc(Oc2cccc(Cl)c2)c(C(=O)O)c1C. The van der Waals surface area contributed by atoms with E-state index in [9.17, 15) is 9.90 Å². The number of benzene rings is 1. The number of hydrogen-bond acceptors (Lipinski definition) is 4. The van der Waals surface area contributed by atoms with E-state index in [4.69, 9.17) is 16.3 Å². The van der Waals surface area contributed by atoms with Crippen molar-refractivity contribution in [2.45, 2.75) is 13.8 Å². The summed E-state index contributed by atoms with van der Waals surface area (Å²) in [5.74, 6) is -0.738. The molecule has 0 aliphatic heterocycles. The summed E-state index contributed by atoms with van der Waals surface area (Å²) >= 11 is 5.84. The molecular weight excluding hydrogens is 268 g/mol. The Kier molecular flexibility index (Phi) is 3.66. The Balaban J connectivity index is 2.46. The van der Waals surface area contributed by atoms with E-state index in [1.165, 1.54) is 0 Å². The van der Waals surface area contributed by atoms with Crippen molar-refractivity contribution in [3.05, 3.63) is 46.1 Å². The van der Waals surface area contributed by atoms with Crippen molar-refractivity contribution in [3.8, 4) is 11.6 Å². The summed E-state index contributed by atoms with van der Waals surface area (Å²) in [4.78, 5) is 11.3. The van der Waals surface area contributed by atoms with Gasteiger partial charge in [0.25, 0.3) is 5.88 Å². The zero-order chi connectivity index (χ0) is 14.0. The van der Waals surface area contributed by atoms with Crippen molar-refractivity contribution in [1.82, 2.24) is 10.2 Å². The van der Waals surface area contributed by atoms with Gasteiger partial charge in [0.15, 0.2) is 0 Å². The standard InChI is InChI=1S/C13H11ClN2O3/c1-7-8(2)15-16-12(11(7)13(17)18)19-10-5-3-4-9(14)6-10/h3-6H,1-2H3,(H,17,18). The Morgan fingerprint density at radius 3 is 2.68 bits per heavy atom. The molecule has 0 aliphatic rings. The van der Waals surface area contributed by atoms with Crippen molar-refractivity contribution < 1.29 is 14.6 Å². The largest absolute Gasteiger partial charge is 0.477 e. The second-order valence-corrected chi connectivity index (χ2v) is 4.39. The van der Waals surface area contributed by atoms with Gasteiger partial charge in [-0.15, -0.1) is 5.10 Å². The molecule has 0 saturated heterocycles. The third-order valence-corrected chi connectivity index (χ3v) is 2.88. The van der Waals surface area contributed by atoms with E-state index >= 15 is 0 Å². The van der Waals surface area contributed by atoms with Gasteiger partial charge in [-0.25, -0.2) is 4.79 Å². The molecule has 0 amide bonds. The molecule has 0 radical (unpaired) electrons. The summed E-state index contributed by atoms with van der Waals surface area (Å²) in [6.07, 6.45) is 0. The fourth-order valence-corrected chi connectivity index (χ4v) is 1.73. The summed E-state index contributed by atoms with van der Waals surface area (Å²) in [6, 6.07) is 6.63. The highest BCUT2D eigenvalue weighted by Crippen LogP contribution is 2.27. The molecule has 0 atom stereocenters. The highest BCUT2D eigenvalue weighted by Gasteiger charge is 2.19. The number of aryl methyl sites for hydroxylation is 1. The van der Waals surface area contributed by atoms with Gasteiger partial charge in [-0.2, -0.15) is 5.10 Å². The Morgan fingerprint density at radius 2 is 2.05 bits per heavy atom. The van der Waals surface area contributed by atoms with Crippen LogP contribution in [0.15, 0.2) is 24.3 Å². The van der Waals surface area contributed by atoms with Gasteiger partial charge < -0.3 is 9.84 Å². The number of carbonyl (C=O) groups is 1. The lowest BCUT2D eigenvalue weighted by Gasteiger charge is -2.10. The molecule has 0 fully saturated rings. The number of aromatic nitrogens is 2. The summed E-state index contributed by atoms with van der Waals surface area (Å²) in [5.41, 5.74) is 1.09. The molecule has 0 bridgehead atoms. The van der Waals surface area contributed by atoms with Crippen LogP contribution in [0.2, 0.25) is 5.02 Å². The summed E-state index contributed by atoms with van der Waals surface area (Å²) in [6.45, 7) is 3.36. The third-order valence-electron chi connectivity index (χ3n) is 2.65. The number of carboxylic acid groups (broad SMARTS) is 1. The number of nitrogens with zero attached hydrogens (tertiary/aromatic N) is 2. The number of rotatable bonds is 3. The van der Waals surface area contributed by atoms with Crippen molar-refractivity contribution >= 4 is 17.6 Å². The maximum atomic E-state index is 11.3. The number of carboxylic acids is 1. The molecule has 1 aromatic heterocycles. The lowest BCUT2D eigenvalue weighted by Crippen LogP contribution is -2.08. The first-order valence-electron chi connectivity index (χ1n) is 5.49. The summed E-state index contributed by atoms with van der Waals surface area (Å²) in [7, 11) is 0. The van der Waals surface area contributed by atoms with Gasteiger partial charge in [0.05, 0.1) is 5.69 Å². The van der Waals surface area contributed by atoms with Gasteiger partial charge in [0.2, 0.25) is 0 Å². The maximum Gasteiger partial charge on any atom is 0.341 e. The zero-order valence-corrected chi connectivity index (χ0v) is 11.1. The molecule has 1 N–H and O–H groups in total. The number of aromatic carboxylic acids is 1. The molecule has 1 aromatic carbocycles. The first-order valence-corrected chi connectivity index (χ1v) is 5.87. The minimum absolute atomic E-state index is 0.00692. The van der Waals surface area contributed by atoms with Crippen LogP contribution in [0.25, 0.3) is 0 Å². The van der Waals surface area contributed by atoms with Crippen molar-refractivity contribution in [1.29, 1.82) is 0 Å². The molecule has 1 heterocycles. The highest BCUT2D eigenvalue weighted by molar-refractivity contribution is 6.30. The molecule has 2 aromatic rings. The van der Waals surface area contributed by atoms with Gasteiger partial charge in [-0.05, 0) is 37.6 Å². The number of halogens is 1. The average molecular weight is 279 g/mol. The van der Waals surface area contributed by atoms with Crippen LogP contribution in [0.5, 0.6) is 11.6 Å². The molecule has 6 heteroatoms. The van der Waals surface area contributed by atoms with Gasteiger partial charge in [-0.3, -0.25) is 0 Å².